The van der Waals surface area contributed by atoms with E-state index in [4.69, 9.17) is 0 Å². The molecule has 0 saturated heterocycles. The third-order valence-electron chi connectivity index (χ3n) is 3.61. The maximum absolute atomic E-state index is 11.4. The summed E-state index contributed by atoms with van der Waals surface area (Å²) in [6.45, 7) is 2.05. The molecule has 0 N–H and O–H groups in total. The van der Waals surface area contributed by atoms with Gasteiger partial charge in [-0.1, -0.05) is 25.7 Å². The van der Waals surface area contributed by atoms with E-state index in [0.29, 0.717) is 0 Å². The lowest BCUT2D eigenvalue weighted by molar-refractivity contribution is -0.117. The van der Waals surface area contributed by atoms with Crippen molar-refractivity contribution in [3.05, 3.63) is 0 Å². The van der Waals surface area contributed by atoms with E-state index in [1.807, 2.05) is 11.8 Å². The van der Waals surface area contributed by atoms with Crippen LogP contribution in [-0.4, -0.2) is 43.3 Å². The number of hydrogen-bond acceptors (Lipinski definition) is 3. The number of thioether (sulfide) groups is 1. The summed E-state index contributed by atoms with van der Waals surface area (Å²) in [6, 6.07) is 0. The molecule has 94 valence electrons. The fourth-order valence-electron chi connectivity index (χ4n) is 2.61. The Morgan fingerprint density at radius 2 is 1.88 bits per heavy atom. The van der Waals surface area contributed by atoms with Crippen molar-refractivity contribution in [2.24, 2.45) is 5.41 Å². The van der Waals surface area contributed by atoms with Gasteiger partial charge < -0.3 is 9.69 Å². The van der Waals surface area contributed by atoms with E-state index in [9.17, 15) is 4.79 Å². The van der Waals surface area contributed by atoms with Crippen LogP contribution in [0.4, 0.5) is 0 Å². The van der Waals surface area contributed by atoms with Gasteiger partial charge in [0.05, 0.1) is 0 Å². The second-order valence-electron chi connectivity index (χ2n) is 5.13. The smallest absolute Gasteiger partial charge is 0.127 e. The Balaban J connectivity index is 2.47. The highest BCUT2D eigenvalue weighted by Crippen LogP contribution is 2.33. The fourth-order valence-corrected chi connectivity index (χ4v) is 3.10. The maximum atomic E-state index is 11.4. The van der Waals surface area contributed by atoms with Gasteiger partial charge in [0, 0.05) is 24.3 Å². The van der Waals surface area contributed by atoms with E-state index in [-0.39, 0.29) is 5.41 Å². The molecular formula is C13H25NOS. The van der Waals surface area contributed by atoms with Gasteiger partial charge in [-0.05, 0) is 26.1 Å². The highest BCUT2D eigenvalue weighted by Gasteiger charge is 2.31. The predicted octanol–water partition coefficient (Wildman–Crippen LogP) is 2.82. The van der Waals surface area contributed by atoms with Gasteiger partial charge in [-0.25, -0.2) is 0 Å². The lowest BCUT2D eigenvalue weighted by Gasteiger charge is -2.31. The second kappa shape index (κ2) is 7.33. The first-order valence-electron chi connectivity index (χ1n) is 6.36. The van der Waals surface area contributed by atoms with Crippen LogP contribution in [0, 0.1) is 5.41 Å². The van der Waals surface area contributed by atoms with Gasteiger partial charge in [0.25, 0.3) is 0 Å². The molecule has 0 unspecified atom stereocenters. The molecule has 16 heavy (non-hydrogen) atoms. The van der Waals surface area contributed by atoms with E-state index >= 15 is 0 Å². The van der Waals surface area contributed by atoms with Gasteiger partial charge >= 0.3 is 0 Å². The number of rotatable bonds is 6. The normalized spacial score (nSPS) is 20.7. The molecule has 0 aromatic heterocycles. The SMILES string of the molecule is CSCCN(C)CC1(C=O)CCCCCC1. The summed E-state index contributed by atoms with van der Waals surface area (Å²) in [5, 5.41) is 0. The predicted molar refractivity (Wildman–Crippen MR) is 72.1 cm³/mol. The summed E-state index contributed by atoms with van der Waals surface area (Å²) in [5.41, 5.74) is -0.0380. The molecule has 0 radical (unpaired) electrons. The molecule has 3 heteroatoms. The van der Waals surface area contributed by atoms with E-state index in [1.54, 1.807) is 0 Å². The van der Waals surface area contributed by atoms with Crippen molar-refractivity contribution in [2.45, 2.75) is 38.5 Å². The largest absolute Gasteiger partial charge is 0.305 e. The molecule has 1 aliphatic carbocycles. The Bertz CT molecular complexity index is 200. The molecule has 0 aliphatic heterocycles. The summed E-state index contributed by atoms with van der Waals surface area (Å²) >= 11 is 1.87. The minimum atomic E-state index is -0.0380. The van der Waals surface area contributed by atoms with E-state index in [2.05, 4.69) is 18.2 Å². The molecule has 2 nitrogen and oxygen atoms in total. The summed E-state index contributed by atoms with van der Waals surface area (Å²) in [4.78, 5) is 13.7. The zero-order valence-corrected chi connectivity index (χ0v) is 11.5. The first-order valence-corrected chi connectivity index (χ1v) is 7.76. The van der Waals surface area contributed by atoms with Crippen LogP contribution in [0.25, 0.3) is 0 Å². The molecule has 1 rings (SSSR count). The average molecular weight is 243 g/mol. The Hall–Kier alpha value is -0.0200. The van der Waals surface area contributed by atoms with E-state index in [0.717, 1.165) is 31.7 Å². The lowest BCUT2D eigenvalue weighted by atomic mass is 9.81. The third-order valence-corrected chi connectivity index (χ3v) is 4.20. The summed E-state index contributed by atoms with van der Waals surface area (Å²) in [5.74, 6) is 1.16. The van der Waals surface area contributed by atoms with Gasteiger partial charge in [-0.2, -0.15) is 11.8 Å². The monoisotopic (exact) mass is 243 g/mol. The molecule has 0 amide bonds. The van der Waals surface area contributed by atoms with Crippen molar-refractivity contribution in [1.29, 1.82) is 0 Å². The number of carbonyl (C=O) groups excluding carboxylic acids is 1. The van der Waals surface area contributed by atoms with Crippen LogP contribution in [0.5, 0.6) is 0 Å². The van der Waals surface area contributed by atoms with Crippen molar-refractivity contribution in [1.82, 2.24) is 4.90 Å². The third kappa shape index (κ3) is 4.46. The first-order chi connectivity index (χ1) is 7.72. The summed E-state index contributed by atoms with van der Waals surface area (Å²) in [7, 11) is 2.15. The molecular weight excluding hydrogens is 218 g/mol. The molecule has 1 saturated carbocycles. The van der Waals surface area contributed by atoms with Crippen molar-refractivity contribution in [3.8, 4) is 0 Å². The molecule has 0 aromatic carbocycles. The highest BCUT2D eigenvalue weighted by molar-refractivity contribution is 7.98. The van der Waals surface area contributed by atoms with Gasteiger partial charge in [0.2, 0.25) is 0 Å². The Kier molecular flexibility index (Phi) is 6.44. The number of nitrogens with zero attached hydrogens (tertiary/aromatic N) is 1. The topological polar surface area (TPSA) is 20.3 Å². The standard InChI is InChI=1S/C13H25NOS/c1-14(9-10-16-2)11-13(12-15)7-5-3-4-6-8-13/h12H,3-11H2,1-2H3. The van der Waals surface area contributed by atoms with Crippen LogP contribution in [0.15, 0.2) is 0 Å². The Morgan fingerprint density at radius 3 is 2.38 bits per heavy atom. The molecule has 0 aromatic rings. The zero-order chi connectivity index (χ0) is 11.9. The molecule has 0 heterocycles. The molecule has 0 bridgehead atoms. The van der Waals surface area contributed by atoms with Crippen molar-refractivity contribution in [3.63, 3.8) is 0 Å². The Labute approximate surface area is 104 Å². The second-order valence-corrected chi connectivity index (χ2v) is 6.11. The van der Waals surface area contributed by atoms with Crippen molar-refractivity contribution in [2.75, 3.05) is 32.1 Å². The molecule has 0 atom stereocenters. The zero-order valence-electron chi connectivity index (χ0n) is 10.7. The van der Waals surface area contributed by atoms with E-state index in [1.165, 1.54) is 32.0 Å². The average Bonchev–Trinajstić information content (AvgIpc) is 2.52. The van der Waals surface area contributed by atoms with Crippen LogP contribution in [-0.2, 0) is 4.79 Å². The van der Waals surface area contributed by atoms with Crippen molar-refractivity contribution >= 4 is 18.0 Å². The van der Waals surface area contributed by atoms with Crippen LogP contribution in [0.3, 0.4) is 0 Å². The number of aldehydes is 1. The molecule has 0 spiro atoms. The minimum Gasteiger partial charge on any atom is -0.305 e. The van der Waals surface area contributed by atoms with Gasteiger partial charge in [0.15, 0.2) is 0 Å². The molecule has 1 fully saturated rings. The lowest BCUT2D eigenvalue weighted by Crippen LogP contribution is -2.37. The summed E-state index contributed by atoms with van der Waals surface area (Å²) < 4.78 is 0. The number of carbonyl (C=O) groups is 1. The van der Waals surface area contributed by atoms with Gasteiger partial charge in [0.1, 0.15) is 6.29 Å². The van der Waals surface area contributed by atoms with Crippen LogP contribution < -0.4 is 0 Å². The van der Waals surface area contributed by atoms with Crippen LogP contribution in [0.2, 0.25) is 0 Å². The van der Waals surface area contributed by atoms with Crippen LogP contribution >= 0.6 is 11.8 Å². The first kappa shape index (κ1) is 14.0. The maximum Gasteiger partial charge on any atom is 0.127 e. The molecule has 1 aliphatic rings. The Morgan fingerprint density at radius 1 is 1.25 bits per heavy atom. The fraction of sp³-hybridized carbons (Fsp3) is 0.923. The van der Waals surface area contributed by atoms with Crippen LogP contribution in [0.1, 0.15) is 38.5 Å². The quantitative estimate of drug-likeness (QED) is 0.528. The van der Waals surface area contributed by atoms with Gasteiger partial charge in [-0.15, -0.1) is 0 Å². The van der Waals surface area contributed by atoms with Gasteiger partial charge in [-0.3, -0.25) is 0 Å². The summed E-state index contributed by atoms with van der Waals surface area (Å²) in [6.07, 6.45) is 10.7. The highest BCUT2D eigenvalue weighted by atomic mass is 32.2. The minimum absolute atomic E-state index is 0.0380. The number of hydrogen-bond donors (Lipinski definition) is 0. The van der Waals surface area contributed by atoms with E-state index < -0.39 is 0 Å². The van der Waals surface area contributed by atoms with Crippen molar-refractivity contribution < 1.29 is 4.79 Å².